The number of hydrogen-bond acceptors (Lipinski definition) is 6. The Morgan fingerprint density at radius 2 is 1.91 bits per heavy atom. The van der Waals surface area contributed by atoms with Crippen LogP contribution in [0.3, 0.4) is 0 Å². The molecule has 0 saturated carbocycles. The van der Waals surface area contributed by atoms with E-state index in [1.165, 1.54) is 0 Å². The molecular weight excluding hydrogens is 457 g/mol. The number of fused-ring (bicyclic) bond motifs is 2. The third-order valence-electron chi connectivity index (χ3n) is 4.99. The maximum absolute atomic E-state index is 12.1. The molecule has 3 heterocycles. The molecule has 0 bridgehead atoms. The fourth-order valence-corrected chi connectivity index (χ4v) is 3.23. The van der Waals surface area contributed by atoms with Crippen molar-refractivity contribution in [1.82, 2.24) is 20.3 Å². The second-order valence-corrected chi connectivity index (χ2v) is 7.48. The molecule has 0 saturated heterocycles. The van der Waals surface area contributed by atoms with Gasteiger partial charge in [-0.3, -0.25) is 9.59 Å². The summed E-state index contributed by atoms with van der Waals surface area (Å²) in [6, 6.07) is 7.01. The number of nitrogens with two attached hydrogens (primary N) is 1. The lowest BCUT2D eigenvalue weighted by atomic mass is 10.1. The van der Waals surface area contributed by atoms with Crippen LogP contribution in [0.1, 0.15) is 28.7 Å². The predicted molar refractivity (Wildman–Crippen MR) is 116 cm³/mol. The normalized spacial score (nSPS) is 13.9. The number of benzene rings is 1. The number of hydrogen-bond donors (Lipinski definition) is 5. The van der Waals surface area contributed by atoms with Crippen molar-refractivity contribution >= 4 is 34.6 Å². The van der Waals surface area contributed by atoms with Crippen LogP contribution < -0.4 is 16.4 Å². The van der Waals surface area contributed by atoms with Gasteiger partial charge in [-0.05, 0) is 26.0 Å². The monoisotopic (exact) mass is 478 g/mol. The number of rotatable bonds is 4. The van der Waals surface area contributed by atoms with Gasteiger partial charge < -0.3 is 26.5 Å². The highest BCUT2D eigenvalue weighted by molar-refractivity contribution is 5.99. The van der Waals surface area contributed by atoms with Crippen LogP contribution in [0.15, 0.2) is 24.3 Å². The van der Waals surface area contributed by atoms with E-state index in [-0.39, 0.29) is 5.91 Å². The Kier molecular flexibility index (Phi) is 6.75. The predicted octanol–water partition coefficient (Wildman–Crippen LogP) is 2.14. The fourth-order valence-electron chi connectivity index (χ4n) is 3.23. The van der Waals surface area contributed by atoms with E-state index >= 15 is 0 Å². The molecular formula is C21H21F3N6O4. The van der Waals surface area contributed by atoms with Gasteiger partial charge in [-0.2, -0.15) is 13.2 Å². The number of primary amides is 1. The number of nitrogens with one attached hydrogen (secondary N) is 3. The maximum atomic E-state index is 12.1. The Bertz CT molecular complexity index is 1270. The average Bonchev–Trinajstić information content (AvgIpc) is 3.19. The van der Waals surface area contributed by atoms with Crippen molar-refractivity contribution < 1.29 is 32.7 Å². The number of anilines is 1. The van der Waals surface area contributed by atoms with Gasteiger partial charge in [0.15, 0.2) is 0 Å². The first-order valence-corrected chi connectivity index (χ1v) is 10.0. The molecule has 6 N–H and O–H groups in total. The lowest BCUT2D eigenvalue weighted by Gasteiger charge is -2.14. The van der Waals surface area contributed by atoms with Gasteiger partial charge in [0, 0.05) is 29.9 Å². The van der Waals surface area contributed by atoms with Crippen molar-refractivity contribution in [1.29, 1.82) is 0 Å². The average molecular weight is 478 g/mol. The van der Waals surface area contributed by atoms with E-state index in [1.807, 2.05) is 31.2 Å². The summed E-state index contributed by atoms with van der Waals surface area (Å²) in [6.07, 6.45) is -4.32. The van der Waals surface area contributed by atoms with E-state index in [0.29, 0.717) is 29.1 Å². The second-order valence-electron chi connectivity index (χ2n) is 7.48. The molecule has 34 heavy (non-hydrogen) atoms. The molecule has 0 radical (unpaired) electrons. The van der Waals surface area contributed by atoms with Gasteiger partial charge in [-0.15, -0.1) is 0 Å². The number of aryl methyl sites for hydroxylation is 1. The fraction of sp³-hybridized carbons (Fsp3) is 0.286. The smallest absolute Gasteiger partial charge is 0.475 e. The molecule has 2 aromatic heterocycles. The van der Waals surface area contributed by atoms with E-state index in [9.17, 15) is 22.8 Å². The van der Waals surface area contributed by atoms with E-state index in [4.69, 9.17) is 20.6 Å². The molecule has 0 spiro atoms. The van der Waals surface area contributed by atoms with E-state index < -0.39 is 24.1 Å². The minimum Gasteiger partial charge on any atom is -0.475 e. The van der Waals surface area contributed by atoms with Crippen LogP contribution in [0.5, 0.6) is 0 Å². The number of carbonyl (C=O) groups is 3. The van der Waals surface area contributed by atoms with Gasteiger partial charge in [0.1, 0.15) is 17.4 Å². The number of aromatic nitrogens is 3. The van der Waals surface area contributed by atoms with Crippen LogP contribution in [0.25, 0.3) is 22.3 Å². The zero-order chi connectivity index (χ0) is 25.2. The third-order valence-corrected chi connectivity index (χ3v) is 4.99. The lowest BCUT2D eigenvalue weighted by Crippen LogP contribution is -2.33. The summed E-state index contributed by atoms with van der Waals surface area (Å²) in [6.45, 7) is 4.13. The van der Waals surface area contributed by atoms with Gasteiger partial charge in [-0.1, -0.05) is 12.1 Å². The van der Waals surface area contributed by atoms with Crippen molar-refractivity contribution in [2.45, 2.75) is 32.5 Å². The van der Waals surface area contributed by atoms with Crippen LogP contribution in [-0.4, -0.2) is 56.6 Å². The molecule has 1 aromatic carbocycles. The Balaban J connectivity index is 0.000000406. The number of halogens is 3. The first-order chi connectivity index (χ1) is 15.9. The number of H-pyrrole nitrogens is 1. The molecule has 0 unspecified atom stereocenters. The summed E-state index contributed by atoms with van der Waals surface area (Å²) in [5.41, 5.74) is 10.7. The number of nitrogens with zero attached hydrogens (tertiary/aromatic N) is 2. The lowest BCUT2D eigenvalue weighted by molar-refractivity contribution is -0.192. The molecule has 13 heteroatoms. The van der Waals surface area contributed by atoms with Crippen molar-refractivity contribution in [3.05, 3.63) is 41.2 Å². The first kappa shape index (κ1) is 24.5. The summed E-state index contributed by atoms with van der Waals surface area (Å²) in [5.74, 6) is -2.78. The summed E-state index contributed by atoms with van der Waals surface area (Å²) in [7, 11) is 0. The molecule has 10 nitrogen and oxygen atoms in total. The highest BCUT2D eigenvalue weighted by Crippen LogP contribution is 2.30. The molecule has 180 valence electrons. The third kappa shape index (κ3) is 5.24. The van der Waals surface area contributed by atoms with Crippen LogP contribution in [-0.2, 0) is 16.0 Å². The second kappa shape index (κ2) is 9.37. The summed E-state index contributed by atoms with van der Waals surface area (Å²) in [4.78, 5) is 45.0. The van der Waals surface area contributed by atoms with E-state index in [1.54, 1.807) is 6.92 Å². The molecule has 0 aliphatic carbocycles. The minimum atomic E-state index is -5.08. The zero-order valence-electron chi connectivity index (χ0n) is 18.1. The Morgan fingerprint density at radius 3 is 2.50 bits per heavy atom. The first-order valence-electron chi connectivity index (χ1n) is 10.0. The molecule has 1 aliphatic heterocycles. The summed E-state index contributed by atoms with van der Waals surface area (Å²) in [5, 5.41) is 13.0. The molecule has 4 rings (SSSR count). The summed E-state index contributed by atoms with van der Waals surface area (Å²) >= 11 is 0. The van der Waals surface area contributed by atoms with Crippen LogP contribution in [0, 0.1) is 6.92 Å². The van der Waals surface area contributed by atoms with Gasteiger partial charge in [-0.25, -0.2) is 14.8 Å². The van der Waals surface area contributed by atoms with Crippen molar-refractivity contribution in [3.8, 4) is 11.3 Å². The Hall–Kier alpha value is -4.16. The van der Waals surface area contributed by atoms with Crippen LogP contribution in [0.4, 0.5) is 19.0 Å². The minimum absolute atomic E-state index is 0.0708. The number of alkyl halides is 3. The van der Waals surface area contributed by atoms with Gasteiger partial charge >= 0.3 is 12.1 Å². The number of carboxylic acids is 1. The van der Waals surface area contributed by atoms with Gasteiger partial charge in [0.2, 0.25) is 5.91 Å². The van der Waals surface area contributed by atoms with Crippen molar-refractivity contribution in [2.24, 2.45) is 5.73 Å². The Morgan fingerprint density at radius 1 is 1.24 bits per heavy atom. The molecule has 1 aliphatic rings. The zero-order valence-corrected chi connectivity index (χ0v) is 18.1. The SMILES string of the molecule is Cc1nc2cccc(-c3cc4c([nH]3)CCNC4=O)c2nc1N[C@@H](C)C(N)=O.O=C(O)C(F)(F)F. The van der Waals surface area contributed by atoms with Gasteiger partial charge in [0.05, 0.1) is 16.8 Å². The number of amides is 2. The van der Waals surface area contributed by atoms with Crippen LogP contribution >= 0.6 is 0 Å². The standard InChI is InChI=1S/C19H20N6O2.C2HF3O2/c1-9(17(20)26)23-18-10(2)22-14-5-3-4-11(16(14)25-18)15-8-12-13(24-15)6-7-21-19(12)27;3-2(4,5)1(6)7/h3-5,8-9,24H,6-7H2,1-2H3,(H2,20,26)(H,21,27)(H,23,25);(H,6,7)/t9-;/m0./s1. The number of carboxylic acid groups (broad SMARTS) is 1. The number of para-hydroxylation sites is 1. The summed E-state index contributed by atoms with van der Waals surface area (Å²) < 4.78 is 31.7. The van der Waals surface area contributed by atoms with Crippen molar-refractivity contribution in [3.63, 3.8) is 0 Å². The molecule has 2 amide bonds. The Labute approximate surface area is 190 Å². The maximum Gasteiger partial charge on any atom is 0.490 e. The number of aromatic amines is 1. The van der Waals surface area contributed by atoms with Crippen LogP contribution in [0.2, 0.25) is 0 Å². The van der Waals surface area contributed by atoms with Crippen molar-refractivity contribution in [2.75, 3.05) is 11.9 Å². The largest absolute Gasteiger partial charge is 0.490 e. The molecule has 0 fully saturated rings. The van der Waals surface area contributed by atoms with Gasteiger partial charge in [0.25, 0.3) is 5.91 Å². The molecule has 3 aromatic rings. The topological polar surface area (TPSA) is 163 Å². The highest BCUT2D eigenvalue weighted by atomic mass is 19.4. The number of aliphatic carboxylic acids is 1. The van der Waals surface area contributed by atoms with E-state index in [0.717, 1.165) is 28.9 Å². The highest BCUT2D eigenvalue weighted by Gasteiger charge is 2.38. The number of carbonyl (C=O) groups excluding carboxylic acids is 2. The quantitative estimate of drug-likeness (QED) is 0.383. The molecule has 1 atom stereocenters. The van der Waals surface area contributed by atoms with E-state index in [2.05, 4.69) is 20.6 Å².